The number of carbonyl (C=O) groups is 3. The first-order chi connectivity index (χ1) is 26.0. The summed E-state index contributed by atoms with van der Waals surface area (Å²) in [6.45, 7) is 6.52. The first-order valence-electron chi connectivity index (χ1n) is 22.5. The average Bonchev–Trinajstić information content (AvgIpc) is 3.15. The summed E-state index contributed by atoms with van der Waals surface area (Å²) in [6, 6.07) is 0. The zero-order chi connectivity index (χ0) is 38.7. The predicted molar refractivity (Wildman–Crippen MR) is 224 cm³/mol. The van der Waals surface area contributed by atoms with Crippen LogP contribution in [0, 0.1) is 0 Å². The Balaban J connectivity index is 4.41. The van der Waals surface area contributed by atoms with E-state index in [0.717, 1.165) is 83.5 Å². The molecular formula is C47H84O6. The van der Waals surface area contributed by atoms with Gasteiger partial charge in [0.25, 0.3) is 0 Å². The minimum absolute atomic E-state index is 0.0820. The summed E-state index contributed by atoms with van der Waals surface area (Å²) in [5.41, 5.74) is 0. The molecule has 0 saturated heterocycles. The summed E-state index contributed by atoms with van der Waals surface area (Å²) in [7, 11) is 0. The molecule has 0 bridgehead atoms. The largest absolute Gasteiger partial charge is 0.462 e. The number of allylic oxidation sites excluding steroid dienone is 6. The topological polar surface area (TPSA) is 78.9 Å². The molecule has 0 aromatic heterocycles. The number of unbranched alkanes of at least 4 members (excludes halogenated alkanes) is 23. The van der Waals surface area contributed by atoms with Crippen LogP contribution in [0.2, 0.25) is 0 Å². The van der Waals surface area contributed by atoms with Crippen molar-refractivity contribution in [2.24, 2.45) is 0 Å². The third kappa shape index (κ3) is 40.6. The van der Waals surface area contributed by atoms with E-state index in [-0.39, 0.29) is 31.1 Å². The van der Waals surface area contributed by atoms with E-state index in [1.807, 2.05) is 0 Å². The molecular weight excluding hydrogens is 661 g/mol. The van der Waals surface area contributed by atoms with E-state index in [1.54, 1.807) is 0 Å². The zero-order valence-electron chi connectivity index (χ0n) is 35.0. The molecule has 0 rings (SSSR count). The molecule has 0 aromatic rings. The quantitative estimate of drug-likeness (QED) is 0.0269. The van der Waals surface area contributed by atoms with Gasteiger partial charge in [-0.1, -0.05) is 154 Å². The fraction of sp³-hybridized carbons (Fsp3) is 0.809. The minimum atomic E-state index is -0.778. The zero-order valence-corrected chi connectivity index (χ0v) is 35.0. The van der Waals surface area contributed by atoms with Gasteiger partial charge in [-0.2, -0.15) is 0 Å². The van der Waals surface area contributed by atoms with Crippen LogP contribution < -0.4 is 0 Å². The second-order valence-corrected chi connectivity index (χ2v) is 14.9. The van der Waals surface area contributed by atoms with Crippen LogP contribution in [0.25, 0.3) is 0 Å². The van der Waals surface area contributed by atoms with Crippen molar-refractivity contribution in [2.75, 3.05) is 13.2 Å². The lowest BCUT2D eigenvalue weighted by atomic mass is 10.1. The normalized spacial score (nSPS) is 12.3. The number of esters is 3. The van der Waals surface area contributed by atoms with Crippen molar-refractivity contribution >= 4 is 17.9 Å². The van der Waals surface area contributed by atoms with Crippen molar-refractivity contribution in [3.05, 3.63) is 36.5 Å². The van der Waals surface area contributed by atoms with E-state index in [0.29, 0.717) is 19.3 Å². The van der Waals surface area contributed by atoms with Crippen LogP contribution in [0.5, 0.6) is 0 Å². The van der Waals surface area contributed by atoms with Crippen molar-refractivity contribution in [3.63, 3.8) is 0 Å². The lowest BCUT2D eigenvalue weighted by Gasteiger charge is -2.18. The molecule has 0 aliphatic rings. The monoisotopic (exact) mass is 745 g/mol. The highest BCUT2D eigenvalue weighted by Gasteiger charge is 2.19. The van der Waals surface area contributed by atoms with Gasteiger partial charge in [-0.05, 0) is 89.9 Å². The number of ether oxygens (including phenoxy) is 3. The maximum atomic E-state index is 12.7. The lowest BCUT2D eigenvalue weighted by molar-refractivity contribution is -0.167. The van der Waals surface area contributed by atoms with Crippen LogP contribution in [-0.4, -0.2) is 37.2 Å². The van der Waals surface area contributed by atoms with Gasteiger partial charge in [0.1, 0.15) is 13.2 Å². The third-order valence-electron chi connectivity index (χ3n) is 9.59. The Kier molecular flexibility index (Phi) is 40.5. The van der Waals surface area contributed by atoms with Crippen LogP contribution in [0.1, 0.15) is 226 Å². The Labute approximate surface area is 327 Å². The van der Waals surface area contributed by atoms with E-state index < -0.39 is 6.10 Å². The van der Waals surface area contributed by atoms with E-state index in [2.05, 4.69) is 57.2 Å². The molecule has 308 valence electrons. The Bertz CT molecular complexity index is 907. The van der Waals surface area contributed by atoms with Crippen molar-refractivity contribution in [1.29, 1.82) is 0 Å². The van der Waals surface area contributed by atoms with Crippen molar-refractivity contribution < 1.29 is 28.6 Å². The minimum Gasteiger partial charge on any atom is -0.462 e. The Morgan fingerprint density at radius 3 is 1.00 bits per heavy atom. The highest BCUT2D eigenvalue weighted by molar-refractivity contribution is 5.71. The van der Waals surface area contributed by atoms with E-state index >= 15 is 0 Å². The van der Waals surface area contributed by atoms with Gasteiger partial charge in [-0.15, -0.1) is 0 Å². The molecule has 53 heavy (non-hydrogen) atoms. The van der Waals surface area contributed by atoms with Gasteiger partial charge in [0.15, 0.2) is 6.10 Å². The summed E-state index contributed by atoms with van der Waals surface area (Å²) >= 11 is 0. The van der Waals surface area contributed by atoms with Crippen LogP contribution in [-0.2, 0) is 28.6 Å². The molecule has 0 aromatic carbocycles. The van der Waals surface area contributed by atoms with E-state index in [4.69, 9.17) is 14.2 Å². The second kappa shape index (κ2) is 42.4. The molecule has 0 unspecified atom stereocenters. The molecule has 1 atom stereocenters. The van der Waals surface area contributed by atoms with Gasteiger partial charge in [0.05, 0.1) is 0 Å². The predicted octanol–water partition coefficient (Wildman–Crippen LogP) is 14.2. The van der Waals surface area contributed by atoms with Gasteiger partial charge in [-0.25, -0.2) is 0 Å². The van der Waals surface area contributed by atoms with Gasteiger partial charge in [-0.3, -0.25) is 14.4 Å². The summed E-state index contributed by atoms with van der Waals surface area (Å²) < 4.78 is 16.7. The Morgan fingerprint density at radius 2 is 0.642 bits per heavy atom. The van der Waals surface area contributed by atoms with Crippen molar-refractivity contribution in [3.8, 4) is 0 Å². The standard InChI is InChI=1S/C47H84O6/c1-4-7-10-13-16-19-22-25-28-31-34-37-40-46(49)52-43-44(42-51-45(48)39-36-33-30-27-24-21-18-15-12-9-6-3)53-47(50)41-38-35-32-29-26-23-20-17-14-11-8-5-2/h15-20,44H,4-14,21-43H2,1-3H3/b18-15-,19-16-,20-17-/t44-/m1/s1. The van der Waals surface area contributed by atoms with Crippen LogP contribution in [0.15, 0.2) is 36.5 Å². The highest BCUT2D eigenvalue weighted by Crippen LogP contribution is 2.13. The summed E-state index contributed by atoms with van der Waals surface area (Å²) in [6.07, 6.45) is 46.9. The van der Waals surface area contributed by atoms with Crippen molar-refractivity contribution in [1.82, 2.24) is 0 Å². The van der Waals surface area contributed by atoms with Gasteiger partial charge < -0.3 is 14.2 Å². The van der Waals surface area contributed by atoms with Gasteiger partial charge in [0.2, 0.25) is 0 Å². The molecule has 0 fully saturated rings. The molecule has 6 heteroatoms. The third-order valence-corrected chi connectivity index (χ3v) is 9.59. The number of rotatable bonds is 40. The molecule has 6 nitrogen and oxygen atoms in total. The number of hydrogen-bond acceptors (Lipinski definition) is 6. The number of hydrogen-bond donors (Lipinski definition) is 0. The molecule has 0 aliphatic carbocycles. The maximum Gasteiger partial charge on any atom is 0.306 e. The fourth-order valence-electron chi connectivity index (χ4n) is 6.12. The molecule has 0 N–H and O–H groups in total. The maximum absolute atomic E-state index is 12.7. The molecule has 0 spiro atoms. The summed E-state index contributed by atoms with van der Waals surface area (Å²) in [5.74, 6) is -0.910. The van der Waals surface area contributed by atoms with E-state index in [9.17, 15) is 14.4 Å². The smallest absolute Gasteiger partial charge is 0.306 e. The molecule has 0 aliphatic heterocycles. The molecule has 0 radical (unpaired) electrons. The van der Waals surface area contributed by atoms with E-state index in [1.165, 1.54) is 103 Å². The van der Waals surface area contributed by atoms with Crippen LogP contribution >= 0.6 is 0 Å². The first-order valence-corrected chi connectivity index (χ1v) is 22.5. The summed E-state index contributed by atoms with van der Waals surface area (Å²) in [4.78, 5) is 37.7. The number of carbonyl (C=O) groups excluding carboxylic acids is 3. The van der Waals surface area contributed by atoms with Gasteiger partial charge in [0, 0.05) is 19.3 Å². The van der Waals surface area contributed by atoms with Crippen molar-refractivity contribution in [2.45, 2.75) is 232 Å². The van der Waals surface area contributed by atoms with Gasteiger partial charge >= 0.3 is 17.9 Å². The first kappa shape index (κ1) is 50.6. The molecule has 0 amide bonds. The Morgan fingerprint density at radius 1 is 0.358 bits per heavy atom. The molecule has 0 saturated carbocycles. The van der Waals surface area contributed by atoms with Crippen LogP contribution in [0.4, 0.5) is 0 Å². The fourth-order valence-corrected chi connectivity index (χ4v) is 6.12. The second-order valence-electron chi connectivity index (χ2n) is 14.9. The lowest BCUT2D eigenvalue weighted by Crippen LogP contribution is -2.30. The average molecular weight is 745 g/mol. The highest BCUT2D eigenvalue weighted by atomic mass is 16.6. The van der Waals surface area contributed by atoms with Crippen LogP contribution in [0.3, 0.4) is 0 Å². The molecule has 0 heterocycles. The summed E-state index contributed by atoms with van der Waals surface area (Å²) in [5, 5.41) is 0. The SMILES string of the molecule is CCCC/C=C\CCCCCCCC(=O)OC[C@H](COC(=O)CCCCCCC/C=C\CCCCC)OC(=O)CCCCCCC/C=C\CCCCC. The Hall–Kier alpha value is -2.37.